The second-order valence-corrected chi connectivity index (χ2v) is 6.85. The van der Waals surface area contributed by atoms with Crippen LogP contribution < -0.4 is 5.32 Å². The molecule has 0 spiro atoms. The molecule has 2 aromatic rings. The second-order valence-electron chi connectivity index (χ2n) is 5.77. The first-order valence-corrected chi connectivity index (χ1v) is 8.34. The maximum absolute atomic E-state index is 5.63. The predicted octanol–water partition coefficient (Wildman–Crippen LogP) is 2.75. The summed E-state index contributed by atoms with van der Waals surface area (Å²) in [7, 11) is 0. The summed E-state index contributed by atoms with van der Waals surface area (Å²) in [5, 5.41) is 4.68. The number of hydrogen-bond acceptors (Lipinski definition) is 6. The Hall–Kier alpha value is -1.24. The number of rotatable bonds is 4. The van der Waals surface area contributed by atoms with Crippen LogP contribution in [0.2, 0.25) is 0 Å². The van der Waals surface area contributed by atoms with Crippen LogP contribution in [0.4, 0.5) is 5.82 Å². The number of nitrogens with zero attached hydrogens (tertiary/aromatic N) is 2. The fourth-order valence-electron chi connectivity index (χ4n) is 3.17. The number of aromatic nitrogens is 2. The van der Waals surface area contributed by atoms with E-state index in [0.717, 1.165) is 30.0 Å². The van der Waals surface area contributed by atoms with Gasteiger partial charge < -0.3 is 14.8 Å². The molecule has 3 heterocycles. The standard InChI is InChI=1S/C15H19N3O2S/c1-15(19-7-8-20-15)5-6-16-13-12-10-3-2-4-11(10)21-14(12)18-9-17-13/h9H,2-8H2,1H3,(H,16,17,18). The van der Waals surface area contributed by atoms with Crippen LogP contribution in [0.25, 0.3) is 10.2 Å². The Morgan fingerprint density at radius 1 is 1.29 bits per heavy atom. The van der Waals surface area contributed by atoms with Gasteiger partial charge in [-0.05, 0) is 31.7 Å². The molecule has 0 atom stereocenters. The molecule has 2 aliphatic rings. The van der Waals surface area contributed by atoms with Crippen LogP contribution in [0.5, 0.6) is 0 Å². The van der Waals surface area contributed by atoms with E-state index in [2.05, 4.69) is 15.3 Å². The van der Waals surface area contributed by atoms with Crippen LogP contribution in [0.3, 0.4) is 0 Å². The van der Waals surface area contributed by atoms with Gasteiger partial charge in [0.15, 0.2) is 5.79 Å². The Kier molecular flexibility index (Phi) is 3.32. The summed E-state index contributed by atoms with van der Waals surface area (Å²) < 4.78 is 11.3. The lowest BCUT2D eigenvalue weighted by Gasteiger charge is -2.22. The van der Waals surface area contributed by atoms with E-state index in [1.54, 1.807) is 6.33 Å². The minimum Gasteiger partial charge on any atom is -0.369 e. The first kappa shape index (κ1) is 13.4. The van der Waals surface area contributed by atoms with E-state index in [9.17, 15) is 0 Å². The zero-order valence-electron chi connectivity index (χ0n) is 12.1. The van der Waals surface area contributed by atoms with Gasteiger partial charge in [0.1, 0.15) is 17.0 Å². The maximum atomic E-state index is 5.63. The Labute approximate surface area is 127 Å². The Bertz CT molecular complexity index is 664. The smallest absolute Gasteiger partial charge is 0.167 e. The summed E-state index contributed by atoms with van der Waals surface area (Å²) in [6, 6.07) is 0. The van der Waals surface area contributed by atoms with Gasteiger partial charge in [-0.2, -0.15) is 0 Å². The summed E-state index contributed by atoms with van der Waals surface area (Å²) in [6.45, 7) is 4.16. The Balaban J connectivity index is 1.53. The van der Waals surface area contributed by atoms with Crippen molar-refractivity contribution in [2.24, 2.45) is 0 Å². The molecule has 0 unspecified atom stereocenters. The molecular formula is C15H19N3O2S. The van der Waals surface area contributed by atoms with Crippen molar-refractivity contribution in [2.45, 2.75) is 38.4 Å². The molecule has 1 fully saturated rings. The molecule has 0 bridgehead atoms. The van der Waals surface area contributed by atoms with E-state index in [1.165, 1.54) is 28.7 Å². The van der Waals surface area contributed by atoms with Gasteiger partial charge in [-0.1, -0.05) is 0 Å². The molecule has 5 nitrogen and oxygen atoms in total. The van der Waals surface area contributed by atoms with Crippen molar-refractivity contribution >= 4 is 27.4 Å². The molecular weight excluding hydrogens is 286 g/mol. The highest BCUT2D eigenvalue weighted by atomic mass is 32.1. The first-order valence-electron chi connectivity index (χ1n) is 7.52. The molecule has 1 aliphatic heterocycles. The minimum atomic E-state index is -0.449. The van der Waals surface area contributed by atoms with Gasteiger partial charge in [-0.25, -0.2) is 9.97 Å². The Morgan fingerprint density at radius 3 is 3.00 bits per heavy atom. The van der Waals surface area contributed by atoms with Crippen LogP contribution in [-0.2, 0) is 22.3 Å². The highest BCUT2D eigenvalue weighted by Crippen LogP contribution is 2.39. The molecule has 4 rings (SSSR count). The number of thiophene rings is 1. The van der Waals surface area contributed by atoms with Gasteiger partial charge in [0.2, 0.25) is 0 Å². The predicted molar refractivity (Wildman–Crippen MR) is 82.9 cm³/mol. The summed E-state index contributed by atoms with van der Waals surface area (Å²) in [4.78, 5) is 11.5. The van der Waals surface area contributed by atoms with Crippen molar-refractivity contribution in [1.82, 2.24) is 9.97 Å². The van der Waals surface area contributed by atoms with Gasteiger partial charge in [0, 0.05) is 17.8 Å². The van der Waals surface area contributed by atoms with Gasteiger partial charge in [0.25, 0.3) is 0 Å². The van der Waals surface area contributed by atoms with E-state index in [0.29, 0.717) is 13.2 Å². The van der Waals surface area contributed by atoms with Crippen LogP contribution in [-0.4, -0.2) is 35.5 Å². The summed E-state index contributed by atoms with van der Waals surface area (Å²) >= 11 is 1.82. The molecule has 1 aliphatic carbocycles. The van der Waals surface area contributed by atoms with Gasteiger partial charge in [-0.3, -0.25) is 0 Å². The van der Waals surface area contributed by atoms with Crippen molar-refractivity contribution in [3.05, 3.63) is 16.8 Å². The minimum absolute atomic E-state index is 0.449. The molecule has 6 heteroatoms. The number of anilines is 1. The SMILES string of the molecule is CC1(CCNc2ncnc3sc4c(c23)CCC4)OCCO1. The topological polar surface area (TPSA) is 56.3 Å². The average Bonchev–Trinajstić information content (AvgIpc) is 3.14. The van der Waals surface area contributed by atoms with Crippen LogP contribution >= 0.6 is 11.3 Å². The lowest BCUT2D eigenvalue weighted by molar-refractivity contribution is -0.144. The largest absolute Gasteiger partial charge is 0.369 e. The Morgan fingerprint density at radius 2 is 2.14 bits per heavy atom. The molecule has 0 radical (unpaired) electrons. The molecule has 1 N–H and O–H groups in total. The van der Waals surface area contributed by atoms with Gasteiger partial charge in [-0.15, -0.1) is 11.3 Å². The molecule has 21 heavy (non-hydrogen) atoms. The molecule has 112 valence electrons. The second kappa shape index (κ2) is 5.19. The van der Waals surface area contributed by atoms with E-state index in [4.69, 9.17) is 9.47 Å². The fourth-order valence-corrected chi connectivity index (χ4v) is 4.40. The highest BCUT2D eigenvalue weighted by Gasteiger charge is 2.30. The van der Waals surface area contributed by atoms with E-state index < -0.39 is 5.79 Å². The lowest BCUT2D eigenvalue weighted by Crippen LogP contribution is -2.28. The number of fused-ring (bicyclic) bond motifs is 3. The zero-order chi connectivity index (χ0) is 14.3. The van der Waals surface area contributed by atoms with Crippen LogP contribution in [0.1, 0.15) is 30.2 Å². The highest BCUT2D eigenvalue weighted by molar-refractivity contribution is 7.19. The van der Waals surface area contributed by atoms with Crippen molar-refractivity contribution in [3.63, 3.8) is 0 Å². The van der Waals surface area contributed by atoms with Crippen molar-refractivity contribution in [3.8, 4) is 0 Å². The molecule has 2 aromatic heterocycles. The quantitative estimate of drug-likeness (QED) is 0.941. The van der Waals surface area contributed by atoms with Gasteiger partial charge in [0.05, 0.1) is 18.6 Å². The first-order chi connectivity index (χ1) is 10.3. The fraction of sp³-hybridized carbons (Fsp3) is 0.600. The van der Waals surface area contributed by atoms with Crippen molar-refractivity contribution in [2.75, 3.05) is 25.1 Å². The van der Waals surface area contributed by atoms with Crippen molar-refractivity contribution < 1.29 is 9.47 Å². The average molecular weight is 305 g/mol. The molecule has 0 aromatic carbocycles. The number of nitrogens with one attached hydrogen (secondary N) is 1. The summed E-state index contributed by atoms with van der Waals surface area (Å²) in [5.41, 5.74) is 1.46. The zero-order valence-corrected chi connectivity index (χ0v) is 13.0. The number of hydrogen-bond donors (Lipinski definition) is 1. The van der Waals surface area contributed by atoms with Crippen LogP contribution in [0.15, 0.2) is 6.33 Å². The van der Waals surface area contributed by atoms with E-state index in [1.807, 2.05) is 18.3 Å². The van der Waals surface area contributed by atoms with Crippen LogP contribution in [0, 0.1) is 0 Å². The normalized spacial score (nSPS) is 20.0. The molecule has 0 amide bonds. The monoisotopic (exact) mass is 305 g/mol. The third kappa shape index (κ3) is 2.41. The van der Waals surface area contributed by atoms with Gasteiger partial charge >= 0.3 is 0 Å². The summed E-state index contributed by atoms with van der Waals surface area (Å²) in [6.07, 6.45) is 6.06. The number of aryl methyl sites for hydroxylation is 2. The third-order valence-electron chi connectivity index (χ3n) is 4.27. The van der Waals surface area contributed by atoms with Crippen molar-refractivity contribution in [1.29, 1.82) is 0 Å². The molecule has 1 saturated heterocycles. The number of ether oxygens (including phenoxy) is 2. The van der Waals surface area contributed by atoms with E-state index in [-0.39, 0.29) is 0 Å². The maximum Gasteiger partial charge on any atom is 0.167 e. The lowest BCUT2D eigenvalue weighted by atomic mass is 10.2. The summed E-state index contributed by atoms with van der Waals surface area (Å²) in [5.74, 6) is 0.511. The third-order valence-corrected chi connectivity index (χ3v) is 5.47. The molecule has 0 saturated carbocycles. The van der Waals surface area contributed by atoms with E-state index >= 15 is 0 Å².